The Kier molecular flexibility index (Phi) is 54.9. The van der Waals surface area contributed by atoms with Crippen LogP contribution in [0.15, 0.2) is 24.3 Å². The summed E-state index contributed by atoms with van der Waals surface area (Å²) in [5.41, 5.74) is 0. The number of phosphoric acid groups is 1. The lowest BCUT2D eigenvalue weighted by atomic mass is 10.0. The number of unbranched alkanes of at least 4 members (excludes halogenated alkanes) is 43. The quantitative estimate of drug-likeness (QED) is 0.0272. The first kappa shape index (κ1) is 72.0. The number of allylic oxidation sites excluding steroid dienone is 4. The summed E-state index contributed by atoms with van der Waals surface area (Å²) in [6, 6.07) is -0.798. The van der Waals surface area contributed by atoms with Crippen molar-refractivity contribution in [3.63, 3.8) is 0 Å². The molecule has 1 amide bonds. The van der Waals surface area contributed by atoms with Crippen molar-refractivity contribution in [2.75, 3.05) is 40.9 Å². The van der Waals surface area contributed by atoms with Crippen LogP contribution in [0.2, 0.25) is 0 Å². The van der Waals surface area contributed by atoms with Crippen LogP contribution in [-0.2, 0) is 18.4 Å². The van der Waals surface area contributed by atoms with Gasteiger partial charge in [0.1, 0.15) is 13.2 Å². The minimum Gasteiger partial charge on any atom is -0.756 e. The molecule has 0 radical (unpaired) electrons. The molecule has 2 N–H and O–H groups in total. The molecular formula is C64H127N2O6P. The van der Waals surface area contributed by atoms with Crippen molar-refractivity contribution in [1.29, 1.82) is 0 Å². The molecule has 0 rings (SSSR count). The van der Waals surface area contributed by atoms with Crippen molar-refractivity contribution in [1.82, 2.24) is 5.32 Å². The molecule has 0 aliphatic rings. The monoisotopic (exact) mass is 1050 g/mol. The zero-order valence-electron chi connectivity index (χ0n) is 49.6. The average molecular weight is 1050 g/mol. The van der Waals surface area contributed by atoms with Crippen LogP contribution in [0.5, 0.6) is 0 Å². The van der Waals surface area contributed by atoms with Crippen molar-refractivity contribution < 1.29 is 32.9 Å². The Labute approximate surface area is 455 Å². The van der Waals surface area contributed by atoms with Crippen molar-refractivity contribution in [2.24, 2.45) is 0 Å². The van der Waals surface area contributed by atoms with Gasteiger partial charge in [0, 0.05) is 6.42 Å². The zero-order chi connectivity index (χ0) is 53.5. The minimum absolute atomic E-state index is 0.0141. The largest absolute Gasteiger partial charge is 0.756 e. The summed E-state index contributed by atoms with van der Waals surface area (Å²) in [6.07, 6.45) is 71.2. The maximum Gasteiger partial charge on any atom is 0.268 e. The number of aliphatic hydroxyl groups excluding tert-OH is 1. The molecule has 0 aromatic carbocycles. The number of quaternary nitrogens is 1. The van der Waals surface area contributed by atoms with Crippen LogP contribution in [0.1, 0.15) is 328 Å². The molecule has 0 aromatic heterocycles. The summed E-state index contributed by atoms with van der Waals surface area (Å²) in [7, 11) is 1.32. The van der Waals surface area contributed by atoms with Gasteiger partial charge < -0.3 is 28.8 Å². The maximum absolute atomic E-state index is 13.0. The van der Waals surface area contributed by atoms with Crippen LogP contribution in [0.25, 0.3) is 0 Å². The number of carbonyl (C=O) groups is 1. The summed E-state index contributed by atoms with van der Waals surface area (Å²) in [5, 5.41) is 14.0. The van der Waals surface area contributed by atoms with Crippen LogP contribution in [0.4, 0.5) is 0 Å². The third-order valence-corrected chi connectivity index (χ3v) is 15.9. The van der Waals surface area contributed by atoms with Gasteiger partial charge in [-0.2, -0.15) is 0 Å². The number of hydrogen-bond acceptors (Lipinski definition) is 6. The highest BCUT2D eigenvalue weighted by Crippen LogP contribution is 2.38. The molecule has 0 saturated heterocycles. The molecule has 0 fully saturated rings. The van der Waals surface area contributed by atoms with Crippen LogP contribution in [0.3, 0.4) is 0 Å². The summed E-state index contributed by atoms with van der Waals surface area (Å²) in [4.78, 5) is 25.5. The van der Waals surface area contributed by atoms with Gasteiger partial charge in [0.05, 0.1) is 39.9 Å². The molecular weight excluding hydrogens is 924 g/mol. The SMILES string of the molecule is CCCCCCCCCCCCCCCCC/C=C\C/C=C\CCCCCCCCCCCCCCCCCCCC(=O)NC(COP(=O)([O-])OCC[N+](C)(C)C)C(O)CCCCCCCCCCCCCC. The Balaban J connectivity index is 3.85. The number of phosphoric ester groups is 1. The third-order valence-electron chi connectivity index (χ3n) is 14.9. The Morgan fingerprint density at radius 3 is 1.14 bits per heavy atom. The van der Waals surface area contributed by atoms with E-state index in [1.165, 1.54) is 257 Å². The zero-order valence-corrected chi connectivity index (χ0v) is 50.5. The molecule has 3 unspecified atom stereocenters. The molecule has 0 aromatic rings. The molecule has 434 valence electrons. The van der Waals surface area contributed by atoms with Gasteiger partial charge in [-0.25, -0.2) is 0 Å². The van der Waals surface area contributed by atoms with Gasteiger partial charge in [-0.1, -0.05) is 301 Å². The van der Waals surface area contributed by atoms with Gasteiger partial charge in [0.25, 0.3) is 7.82 Å². The number of hydrogen-bond donors (Lipinski definition) is 2. The second-order valence-electron chi connectivity index (χ2n) is 23.5. The van der Waals surface area contributed by atoms with E-state index in [9.17, 15) is 19.4 Å². The van der Waals surface area contributed by atoms with E-state index in [0.717, 1.165) is 44.9 Å². The highest BCUT2D eigenvalue weighted by atomic mass is 31.2. The van der Waals surface area contributed by atoms with Gasteiger partial charge >= 0.3 is 0 Å². The Hall–Kier alpha value is -1.02. The van der Waals surface area contributed by atoms with E-state index in [-0.39, 0.29) is 19.1 Å². The molecule has 3 atom stereocenters. The minimum atomic E-state index is -4.57. The summed E-state index contributed by atoms with van der Waals surface area (Å²) in [5.74, 6) is -0.161. The summed E-state index contributed by atoms with van der Waals surface area (Å²) < 4.78 is 23.4. The van der Waals surface area contributed by atoms with Crippen molar-refractivity contribution >= 4 is 13.7 Å². The van der Waals surface area contributed by atoms with E-state index in [0.29, 0.717) is 23.9 Å². The van der Waals surface area contributed by atoms with Crippen LogP contribution in [-0.4, -0.2) is 68.5 Å². The fourth-order valence-corrected chi connectivity index (χ4v) is 10.6. The lowest BCUT2D eigenvalue weighted by Crippen LogP contribution is -2.46. The average Bonchev–Trinajstić information content (AvgIpc) is 3.35. The highest BCUT2D eigenvalue weighted by Gasteiger charge is 2.24. The summed E-state index contributed by atoms with van der Waals surface area (Å²) >= 11 is 0. The fraction of sp³-hybridized carbons (Fsp3) is 0.922. The molecule has 0 heterocycles. The molecule has 0 saturated carbocycles. The Morgan fingerprint density at radius 1 is 0.479 bits per heavy atom. The molecule has 0 bridgehead atoms. The number of aliphatic hydroxyl groups is 1. The molecule has 73 heavy (non-hydrogen) atoms. The second-order valence-corrected chi connectivity index (χ2v) is 24.9. The maximum atomic E-state index is 13.0. The fourth-order valence-electron chi connectivity index (χ4n) is 9.90. The second kappa shape index (κ2) is 55.7. The van der Waals surface area contributed by atoms with E-state index < -0.39 is 20.0 Å². The lowest BCUT2D eigenvalue weighted by Gasteiger charge is -2.30. The number of carbonyl (C=O) groups excluding carboxylic acids is 1. The predicted octanol–water partition coefficient (Wildman–Crippen LogP) is 19.3. The van der Waals surface area contributed by atoms with Gasteiger partial charge in [-0.05, 0) is 44.9 Å². The first-order valence-electron chi connectivity index (χ1n) is 32.2. The van der Waals surface area contributed by atoms with Crippen molar-refractivity contribution in [3.8, 4) is 0 Å². The Morgan fingerprint density at radius 2 is 0.795 bits per heavy atom. The highest BCUT2D eigenvalue weighted by molar-refractivity contribution is 7.45. The van der Waals surface area contributed by atoms with E-state index in [1.807, 2.05) is 21.1 Å². The van der Waals surface area contributed by atoms with Crippen LogP contribution >= 0.6 is 7.82 Å². The molecule has 9 heteroatoms. The van der Waals surface area contributed by atoms with Gasteiger partial charge in [-0.15, -0.1) is 0 Å². The van der Waals surface area contributed by atoms with Gasteiger partial charge in [-0.3, -0.25) is 9.36 Å². The molecule has 0 aliphatic heterocycles. The van der Waals surface area contributed by atoms with Gasteiger partial charge in [0.2, 0.25) is 5.91 Å². The smallest absolute Gasteiger partial charge is 0.268 e. The molecule has 0 spiro atoms. The molecule has 8 nitrogen and oxygen atoms in total. The lowest BCUT2D eigenvalue weighted by molar-refractivity contribution is -0.870. The number of nitrogens with one attached hydrogen (secondary N) is 1. The molecule has 0 aliphatic carbocycles. The van der Waals surface area contributed by atoms with E-state index >= 15 is 0 Å². The van der Waals surface area contributed by atoms with E-state index in [2.05, 4.69) is 43.5 Å². The van der Waals surface area contributed by atoms with Crippen molar-refractivity contribution in [2.45, 2.75) is 341 Å². The van der Waals surface area contributed by atoms with Crippen LogP contribution in [0, 0.1) is 0 Å². The first-order chi connectivity index (χ1) is 35.5. The number of likely N-dealkylation sites (N-methyl/N-ethyl adjacent to an activating group) is 1. The van der Waals surface area contributed by atoms with Crippen molar-refractivity contribution in [3.05, 3.63) is 24.3 Å². The number of amides is 1. The predicted molar refractivity (Wildman–Crippen MR) is 316 cm³/mol. The van der Waals surface area contributed by atoms with E-state index in [4.69, 9.17) is 9.05 Å². The van der Waals surface area contributed by atoms with E-state index in [1.54, 1.807) is 0 Å². The standard InChI is InChI=1S/C64H127N2O6P/c1-6-8-10-12-14-16-18-20-21-22-23-24-25-26-27-28-29-30-31-32-33-34-35-36-37-38-39-40-41-42-43-44-45-46-48-50-52-54-56-58-64(68)65-62(61-72-73(69,70)71-60-59-66(3,4)5)63(67)57-55-53-51-49-47-19-17-15-13-11-9-7-2/h29-30,32-33,62-63,67H,6-28,31,34-61H2,1-5H3,(H-,65,68,69,70)/b30-29-,33-32-. The first-order valence-corrected chi connectivity index (χ1v) is 33.6. The number of rotatable bonds is 60. The summed E-state index contributed by atoms with van der Waals surface area (Å²) in [6.45, 7) is 4.75. The topological polar surface area (TPSA) is 108 Å². The Bertz CT molecular complexity index is 1240. The third kappa shape index (κ3) is 58.5. The number of nitrogens with zero attached hydrogens (tertiary/aromatic N) is 1. The van der Waals surface area contributed by atoms with Gasteiger partial charge in [0.15, 0.2) is 0 Å². The normalized spacial score (nSPS) is 13.9. The van der Waals surface area contributed by atoms with Crippen LogP contribution < -0.4 is 10.2 Å².